The largest absolute Gasteiger partial charge is 0.454 e. The number of benzene rings is 2. The summed E-state index contributed by atoms with van der Waals surface area (Å²) in [7, 11) is 0. The summed E-state index contributed by atoms with van der Waals surface area (Å²) < 4.78 is 10.7. The minimum atomic E-state index is -0.597. The topological polar surface area (TPSA) is 107 Å². The highest BCUT2D eigenvalue weighted by Crippen LogP contribution is 2.33. The van der Waals surface area contributed by atoms with Crippen molar-refractivity contribution in [2.45, 2.75) is 31.4 Å². The normalized spacial score (nSPS) is 18.7. The second-order valence-corrected chi connectivity index (χ2v) is 8.40. The molecule has 0 saturated carbocycles. The fraction of sp³-hybridized carbons (Fsp3) is 0.273. The van der Waals surface area contributed by atoms with Crippen LogP contribution in [0.3, 0.4) is 0 Å². The van der Waals surface area contributed by atoms with Crippen molar-refractivity contribution in [1.29, 1.82) is 0 Å². The number of nitrogens with two attached hydrogens (primary N) is 1. The van der Waals surface area contributed by atoms with E-state index >= 15 is 0 Å². The molecule has 160 valence electrons. The van der Waals surface area contributed by atoms with Crippen LogP contribution in [0.25, 0.3) is 0 Å². The van der Waals surface area contributed by atoms with Crippen molar-refractivity contribution in [3.05, 3.63) is 54.1 Å². The predicted octanol–water partition coefficient (Wildman–Crippen LogP) is 3.10. The summed E-state index contributed by atoms with van der Waals surface area (Å²) in [6.07, 6.45) is 1.56. The molecule has 2 aromatic carbocycles. The van der Waals surface area contributed by atoms with Crippen LogP contribution in [0.4, 0.5) is 5.69 Å². The Kier molecular flexibility index (Phi) is 6.22. The van der Waals surface area contributed by atoms with E-state index < -0.39 is 5.25 Å². The predicted molar refractivity (Wildman–Crippen MR) is 121 cm³/mol. The minimum Gasteiger partial charge on any atom is -0.454 e. The molecule has 9 heteroatoms. The van der Waals surface area contributed by atoms with Gasteiger partial charge in [0.15, 0.2) is 16.7 Å². The van der Waals surface area contributed by atoms with Crippen LogP contribution in [0.5, 0.6) is 11.5 Å². The number of carbonyl (C=O) groups is 2. The zero-order valence-corrected chi connectivity index (χ0v) is 17.8. The number of nitrogens with zero attached hydrogens (tertiary/aromatic N) is 3. The van der Waals surface area contributed by atoms with Gasteiger partial charge in [0.05, 0.1) is 5.69 Å². The fourth-order valence-corrected chi connectivity index (χ4v) is 4.13. The lowest BCUT2D eigenvalue weighted by molar-refractivity contribution is -0.121. The van der Waals surface area contributed by atoms with Crippen molar-refractivity contribution >= 4 is 40.1 Å². The van der Waals surface area contributed by atoms with Crippen LogP contribution in [-0.2, 0) is 16.0 Å². The molecule has 4 rings (SSSR count). The lowest BCUT2D eigenvalue weighted by atomic mass is 10.1. The fourth-order valence-electron chi connectivity index (χ4n) is 3.32. The van der Waals surface area contributed by atoms with Crippen molar-refractivity contribution in [1.82, 2.24) is 0 Å². The van der Waals surface area contributed by atoms with Gasteiger partial charge in [-0.05, 0) is 49.6 Å². The number of imide groups is 1. The lowest BCUT2D eigenvalue weighted by Crippen LogP contribution is -2.31. The molecular weight excluding hydrogens is 416 g/mol. The van der Waals surface area contributed by atoms with Gasteiger partial charge in [-0.2, -0.15) is 5.10 Å². The number of thioether (sulfide) groups is 1. The Morgan fingerprint density at radius 2 is 1.90 bits per heavy atom. The molecule has 2 heterocycles. The van der Waals surface area contributed by atoms with Crippen LogP contribution >= 0.6 is 11.8 Å². The molecule has 1 saturated heterocycles. The Balaban J connectivity index is 1.32. The maximum Gasteiger partial charge on any atom is 0.247 e. The van der Waals surface area contributed by atoms with Crippen molar-refractivity contribution in [3.8, 4) is 11.5 Å². The number of aryl methyl sites for hydroxylation is 1. The number of anilines is 1. The van der Waals surface area contributed by atoms with E-state index in [1.807, 2.05) is 31.2 Å². The summed E-state index contributed by atoms with van der Waals surface area (Å²) >= 11 is 1.07. The number of hydrogen-bond acceptors (Lipinski definition) is 7. The van der Waals surface area contributed by atoms with E-state index in [1.165, 1.54) is 4.90 Å². The number of amides is 2. The van der Waals surface area contributed by atoms with E-state index in [2.05, 4.69) is 10.2 Å². The summed E-state index contributed by atoms with van der Waals surface area (Å²) in [6, 6.07) is 14.7. The molecule has 0 aromatic heterocycles. The monoisotopic (exact) mass is 438 g/mol. The van der Waals surface area contributed by atoms with Gasteiger partial charge < -0.3 is 15.2 Å². The summed E-state index contributed by atoms with van der Waals surface area (Å²) in [5.41, 5.74) is 8.44. The Bertz CT molecular complexity index is 1050. The maximum absolute atomic E-state index is 12.6. The van der Waals surface area contributed by atoms with Gasteiger partial charge in [-0.15, -0.1) is 5.10 Å². The number of amidine groups is 1. The highest BCUT2D eigenvalue weighted by molar-refractivity contribution is 8.14. The van der Waals surface area contributed by atoms with Crippen LogP contribution < -0.4 is 20.1 Å². The van der Waals surface area contributed by atoms with Gasteiger partial charge in [-0.1, -0.05) is 36.0 Å². The third kappa shape index (κ3) is 4.88. The number of hydrogen-bond donors (Lipinski definition) is 1. The second kappa shape index (κ2) is 9.22. The lowest BCUT2D eigenvalue weighted by Gasteiger charge is -2.14. The van der Waals surface area contributed by atoms with Crippen LogP contribution in [0.1, 0.15) is 25.3 Å². The summed E-state index contributed by atoms with van der Waals surface area (Å²) in [5, 5.41) is 7.76. The zero-order chi connectivity index (χ0) is 21.8. The third-order valence-corrected chi connectivity index (χ3v) is 5.89. The highest BCUT2D eigenvalue weighted by Gasteiger charge is 2.40. The number of ether oxygens (including phenoxy) is 2. The first-order valence-corrected chi connectivity index (χ1v) is 10.7. The third-order valence-electron chi connectivity index (χ3n) is 4.91. The summed E-state index contributed by atoms with van der Waals surface area (Å²) in [5.74, 6) is 0.980. The van der Waals surface area contributed by atoms with E-state index in [1.54, 1.807) is 24.3 Å². The van der Waals surface area contributed by atoms with Gasteiger partial charge in [-0.25, -0.2) is 4.90 Å². The van der Waals surface area contributed by atoms with Gasteiger partial charge in [-0.3, -0.25) is 9.59 Å². The number of fused-ring (bicyclic) bond motifs is 1. The number of rotatable bonds is 6. The average Bonchev–Trinajstić information content (AvgIpc) is 3.34. The Hall–Kier alpha value is -3.33. The first-order valence-electron chi connectivity index (χ1n) is 9.85. The molecule has 2 N–H and O–H groups in total. The molecule has 0 unspecified atom stereocenters. The first-order chi connectivity index (χ1) is 15.0. The van der Waals surface area contributed by atoms with Crippen LogP contribution in [0.2, 0.25) is 0 Å². The van der Waals surface area contributed by atoms with Crippen LogP contribution in [0, 0.1) is 0 Å². The smallest absolute Gasteiger partial charge is 0.247 e. The number of carbonyl (C=O) groups excluding carboxylic acids is 2. The molecule has 2 amide bonds. The van der Waals surface area contributed by atoms with Crippen molar-refractivity contribution in [2.75, 3.05) is 11.7 Å². The SMILES string of the molecule is CC(CCc1ccc2c(c1)OCO2)=NN=C(N)S[C@@H]1CC(=O)N(c2ccccc2)C1=O. The van der Waals surface area contributed by atoms with E-state index in [-0.39, 0.29) is 30.2 Å². The van der Waals surface area contributed by atoms with Gasteiger partial charge in [0.2, 0.25) is 18.6 Å². The molecule has 2 aromatic rings. The van der Waals surface area contributed by atoms with Crippen LogP contribution in [-0.4, -0.2) is 34.7 Å². The Morgan fingerprint density at radius 3 is 2.71 bits per heavy atom. The van der Waals surface area contributed by atoms with Gasteiger partial charge in [0, 0.05) is 12.1 Å². The zero-order valence-electron chi connectivity index (χ0n) is 17.0. The first kappa shape index (κ1) is 20.9. The standard InChI is InChI=1S/C22H22N4O4S/c1-14(7-8-15-9-10-17-18(11-15)30-13-29-17)24-25-22(23)31-19-12-20(27)26(21(19)28)16-5-3-2-4-6-16/h2-6,9-11,19H,7-8,12-13H2,1H3,(H2,23,25)/t19-/m1/s1. The minimum absolute atomic E-state index is 0.0847. The second-order valence-electron chi connectivity index (χ2n) is 7.17. The van der Waals surface area contributed by atoms with Crippen molar-refractivity contribution in [3.63, 3.8) is 0 Å². The maximum atomic E-state index is 12.6. The molecular formula is C22H22N4O4S. The average molecular weight is 439 g/mol. The molecule has 0 radical (unpaired) electrons. The Morgan fingerprint density at radius 1 is 1.13 bits per heavy atom. The van der Waals surface area contributed by atoms with E-state index in [0.29, 0.717) is 12.1 Å². The Labute approximate surface area is 184 Å². The molecule has 31 heavy (non-hydrogen) atoms. The van der Waals surface area contributed by atoms with Crippen LogP contribution in [0.15, 0.2) is 58.7 Å². The van der Waals surface area contributed by atoms with E-state index in [4.69, 9.17) is 15.2 Å². The molecule has 1 fully saturated rings. The van der Waals surface area contributed by atoms with Crippen molar-refractivity contribution in [2.24, 2.45) is 15.9 Å². The summed E-state index contributed by atoms with van der Waals surface area (Å²) in [6.45, 7) is 2.12. The molecule has 8 nitrogen and oxygen atoms in total. The van der Waals surface area contributed by atoms with E-state index in [9.17, 15) is 9.59 Å². The van der Waals surface area contributed by atoms with Crippen molar-refractivity contribution < 1.29 is 19.1 Å². The summed E-state index contributed by atoms with van der Waals surface area (Å²) in [4.78, 5) is 26.1. The van der Waals surface area contributed by atoms with Gasteiger partial charge >= 0.3 is 0 Å². The molecule has 0 aliphatic carbocycles. The molecule has 2 aliphatic heterocycles. The molecule has 0 bridgehead atoms. The number of para-hydroxylation sites is 1. The highest BCUT2D eigenvalue weighted by atomic mass is 32.2. The quantitative estimate of drug-likeness (QED) is 0.321. The molecule has 0 spiro atoms. The molecule has 2 aliphatic rings. The van der Waals surface area contributed by atoms with E-state index in [0.717, 1.165) is 41.0 Å². The van der Waals surface area contributed by atoms with Gasteiger partial charge in [0.25, 0.3) is 0 Å². The van der Waals surface area contributed by atoms with Gasteiger partial charge in [0.1, 0.15) is 5.25 Å². The molecule has 1 atom stereocenters.